The molecule has 1 saturated heterocycles. The van der Waals surface area contributed by atoms with Gasteiger partial charge in [0.15, 0.2) is 0 Å². The largest absolute Gasteiger partial charge is 0.380 e. The van der Waals surface area contributed by atoms with Crippen molar-refractivity contribution in [3.8, 4) is 0 Å². The molecule has 1 aliphatic rings. The Labute approximate surface area is 102 Å². The number of nitrogens with one attached hydrogen (secondary N) is 2. The zero-order chi connectivity index (χ0) is 11.6. The third-order valence-corrected chi connectivity index (χ3v) is 3.26. The van der Waals surface area contributed by atoms with Crippen LogP contribution in [0.1, 0.15) is 26.7 Å². The molecule has 0 amide bonds. The van der Waals surface area contributed by atoms with E-state index in [4.69, 9.17) is 11.6 Å². The highest BCUT2D eigenvalue weighted by Gasteiger charge is 2.26. The van der Waals surface area contributed by atoms with E-state index in [1.807, 2.05) is 24.3 Å². The molecule has 1 atom stereocenters. The van der Waals surface area contributed by atoms with E-state index in [2.05, 4.69) is 24.5 Å². The van der Waals surface area contributed by atoms with Gasteiger partial charge in [0.05, 0.1) is 0 Å². The fourth-order valence-corrected chi connectivity index (χ4v) is 2.24. The first kappa shape index (κ1) is 11.7. The summed E-state index contributed by atoms with van der Waals surface area (Å²) in [6, 6.07) is 8.56. The van der Waals surface area contributed by atoms with E-state index >= 15 is 0 Å². The van der Waals surface area contributed by atoms with E-state index in [0.29, 0.717) is 6.04 Å². The van der Waals surface area contributed by atoms with Gasteiger partial charge in [-0.1, -0.05) is 11.6 Å². The van der Waals surface area contributed by atoms with E-state index in [1.165, 1.54) is 13.0 Å². The minimum absolute atomic E-state index is 0.117. The van der Waals surface area contributed by atoms with Gasteiger partial charge >= 0.3 is 0 Å². The summed E-state index contributed by atoms with van der Waals surface area (Å²) in [6.45, 7) is 5.64. The number of halogens is 1. The molecule has 16 heavy (non-hydrogen) atoms. The summed E-state index contributed by atoms with van der Waals surface area (Å²) in [7, 11) is 0. The Morgan fingerprint density at radius 3 is 2.50 bits per heavy atom. The number of hydrogen-bond donors (Lipinski definition) is 2. The highest BCUT2D eigenvalue weighted by atomic mass is 35.5. The second kappa shape index (κ2) is 4.64. The van der Waals surface area contributed by atoms with Crippen LogP contribution in [0.2, 0.25) is 5.02 Å². The third-order valence-electron chi connectivity index (χ3n) is 3.01. The molecular weight excluding hydrogens is 220 g/mol. The molecule has 0 aromatic heterocycles. The molecule has 1 heterocycles. The van der Waals surface area contributed by atoms with Crippen molar-refractivity contribution in [3.63, 3.8) is 0 Å². The average Bonchev–Trinajstić information content (AvgIpc) is 2.16. The van der Waals surface area contributed by atoms with Crippen LogP contribution in [0.15, 0.2) is 24.3 Å². The van der Waals surface area contributed by atoms with E-state index in [0.717, 1.165) is 17.1 Å². The standard InChI is InChI=1S/C13H19ClN2/c1-13(2,9-12-7-8-15-12)16-11-5-3-10(14)4-6-11/h3-6,12,15-16H,7-9H2,1-2H3. The van der Waals surface area contributed by atoms with Gasteiger partial charge in [0.1, 0.15) is 0 Å². The van der Waals surface area contributed by atoms with Gasteiger partial charge in [-0.05, 0) is 57.5 Å². The highest BCUT2D eigenvalue weighted by Crippen LogP contribution is 2.23. The maximum Gasteiger partial charge on any atom is 0.0407 e. The van der Waals surface area contributed by atoms with Crippen LogP contribution in [0.4, 0.5) is 5.69 Å². The molecule has 2 N–H and O–H groups in total. The second-order valence-electron chi connectivity index (χ2n) is 5.16. The van der Waals surface area contributed by atoms with Crippen LogP contribution in [0, 0.1) is 0 Å². The summed E-state index contributed by atoms with van der Waals surface area (Å²) in [4.78, 5) is 0. The fraction of sp³-hybridized carbons (Fsp3) is 0.538. The van der Waals surface area contributed by atoms with E-state index in [1.54, 1.807) is 0 Å². The second-order valence-corrected chi connectivity index (χ2v) is 5.60. The molecule has 1 aromatic carbocycles. The predicted molar refractivity (Wildman–Crippen MR) is 70.2 cm³/mol. The Morgan fingerprint density at radius 2 is 2.00 bits per heavy atom. The van der Waals surface area contributed by atoms with Crippen molar-refractivity contribution in [2.75, 3.05) is 11.9 Å². The van der Waals surface area contributed by atoms with Gasteiger partial charge in [0.2, 0.25) is 0 Å². The van der Waals surface area contributed by atoms with Crippen molar-refractivity contribution in [3.05, 3.63) is 29.3 Å². The maximum absolute atomic E-state index is 5.86. The number of anilines is 1. The summed E-state index contributed by atoms with van der Waals surface area (Å²) >= 11 is 5.86. The van der Waals surface area contributed by atoms with Crippen LogP contribution >= 0.6 is 11.6 Å². The number of hydrogen-bond acceptors (Lipinski definition) is 2. The number of rotatable bonds is 4. The first-order valence-corrected chi connectivity index (χ1v) is 6.20. The van der Waals surface area contributed by atoms with E-state index < -0.39 is 0 Å². The lowest BCUT2D eigenvalue weighted by molar-refractivity contribution is 0.303. The first-order chi connectivity index (χ1) is 7.55. The van der Waals surface area contributed by atoms with Gasteiger partial charge in [-0.25, -0.2) is 0 Å². The third kappa shape index (κ3) is 3.13. The SMILES string of the molecule is CC(C)(CC1CCN1)Nc1ccc(Cl)cc1. The van der Waals surface area contributed by atoms with Gasteiger partial charge in [-0.15, -0.1) is 0 Å². The van der Waals surface area contributed by atoms with Gasteiger partial charge in [0.25, 0.3) is 0 Å². The first-order valence-electron chi connectivity index (χ1n) is 5.82. The highest BCUT2D eigenvalue weighted by molar-refractivity contribution is 6.30. The Balaban J connectivity index is 1.93. The minimum Gasteiger partial charge on any atom is -0.380 e. The van der Waals surface area contributed by atoms with Crippen molar-refractivity contribution < 1.29 is 0 Å². The lowest BCUT2D eigenvalue weighted by Gasteiger charge is -2.36. The molecule has 1 fully saturated rings. The van der Waals surface area contributed by atoms with Crippen LogP contribution in [-0.4, -0.2) is 18.1 Å². The van der Waals surface area contributed by atoms with Crippen molar-refractivity contribution in [1.82, 2.24) is 5.32 Å². The molecule has 1 aromatic rings. The Morgan fingerprint density at radius 1 is 1.38 bits per heavy atom. The quantitative estimate of drug-likeness (QED) is 0.841. The van der Waals surface area contributed by atoms with Crippen LogP contribution in [-0.2, 0) is 0 Å². The Kier molecular flexibility index (Phi) is 3.41. The zero-order valence-electron chi connectivity index (χ0n) is 9.89. The molecule has 3 heteroatoms. The van der Waals surface area contributed by atoms with Gasteiger partial charge in [0, 0.05) is 22.3 Å². The van der Waals surface area contributed by atoms with Crippen molar-refractivity contribution >= 4 is 17.3 Å². The smallest absolute Gasteiger partial charge is 0.0407 e. The molecule has 0 saturated carbocycles. The van der Waals surface area contributed by atoms with Crippen LogP contribution < -0.4 is 10.6 Å². The van der Waals surface area contributed by atoms with Crippen LogP contribution in [0.5, 0.6) is 0 Å². The summed E-state index contributed by atoms with van der Waals surface area (Å²) in [5, 5.41) is 7.76. The minimum atomic E-state index is 0.117. The number of benzene rings is 1. The lowest BCUT2D eigenvalue weighted by Crippen LogP contribution is -2.48. The van der Waals surface area contributed by atoms with Gasteiger partial charge in [-0.3, -0.25) is 0 Å². The maximum atomic E-state index is 5.86. The zero-order valence-corrected chi connectivity index (χ0v) is 10.6. The summed E-state index contributed by atoms with van der Waals surface area (Å²) in [5.41, 5.74) is 1.25. The molecule has 1 unspecified atom stereocenters. The average molecular weight is 239 g/mol. The van der Waals surface area contributed by atoms with Crippen molar-refractivity contribution in [2.24, 2.45) is 0 Å². The molecule has 0 radical (unpaired) electrons. The van der Waals surface area contributed by atoms with E-state index in [-0.39, 0.29) is 5.54 Å². The normalized spacial score (nSPS) is 20.3. The van der Waals surface area contributed by atoms with Crippen LogP contribution in [0.3, 0.4) is 0 Å². The van der Waals surface area contributed by atoms with Crippen LogP contribution in [0.25, 0.3) is 0 Å². The monoisotopic (exact) mass is 238 g/mol. The van der Waals surface area contributed by atoms with Gasteiger partial charge in [-0.2, -0.15) is 0 Å². The topological polar surface area (TPSA) is 24.1 Å². The molecule has 0 bridgehead atoms. The molecule has 2 rings (SSSR count). The Bertz CT molecular complexity index is 341. The van der Waals surface area contributed by atoms with Crippen molar-refractivity contribution in [1.29, 1.82) is 0 Å². The lowest BCUT2D eigenvalue weighted by atomic mass is 9.90. The molecule has 0 spiro atoms. The molecular formula is C13H19ClN2. The summed E-state index contributed by atoms with van der Waals surface area (Å²) in [5.74, 6) is 0. The summed E-state index contributed by atoms with van der Waals surface area (Å²) < 4.78 is 0. The predicted octanol–water partition coefficient (Wildman–Crippen LogP) is 3.28. The fourth-order valence-electron chi connectivity index (χ4n) is 2.11. The van der Waals surface area contributed by atoms with E-state index in [9.17, 15) is 0 Å². The summed E-state index contributed by atoms with van der Waals surface area (Å²) in [6.07, 6.45) is 2.45. The molecule has 0 aliphatic carbocycles. The van der Waals surface area contributed by atoms with Crippen molar-refractivity contribution in [2.45, 2.75) is 38.3 Å². The van der Waals surface area contributed by atoms with Gasteiger partial charge < -0.3 is 10.6 Å². The Hall–Kier alpha value is -0.730. The molecule has 2 nitrogen and oxygen atoms in total. The molecule has 1 aliphatic heterocycles. The molecule has 88 valence electrons.